The molecule has 0 spiro atoms. The molecular weight excluding hydrogens is 362 g/mol. The normalized spacial score (nSPS) is 17.3. The van der Waals surface area contributed by atoms with E-state index in [0.29, 0.717) is 13.2 Å². The van der Waals surface area contributed by atoms with Crippen molar-refractivity contribution in [3.63, 3.8) is 0 Å². The Labute approximate surface area is 146 Å². The van der Waals surface area contributed by atoms with Crippen LogP contribution < -0.4 is 15.8 Å². The summed E-state index contributed by atoms with van der Waals surface area (Å²) in [6, 6.07) is 2.66. The van der Waals surface area contributed by atoms with Crippen LogP contribution in [0, 0.1) is 5.92 Å². The molecule has 1 aromatic rings. The van der Waals surface area contributed by atoms with Crippen molar-refractivity contribution in [3.8, 4) is 0 Å². The van der Waals surface area contributed by atoms with Gasteiger partial charge < -0.3 is 15.8 Å². The molecule has 0 bridgehead atoms. The van der Waals surface area contributed by atoms with Gasteiger partial charge in [-0.05, 0) is 37.9 Å². The summed E-state index contributed by atoms with van der Waals surface area (Å²) < 4.78 is 31.0. The van der Waals surface area contributed by atoms with Gasteiger partial charge in [0.1, 0.15) is 4.21 Å². The van der Waals surface area contributed by atoms with E-state index in [4.69, 9.17) is 10.5 Å². The molecule has 0 radical (unpaired) electrons. The lowest BCUT2D eigenvalue weighted by molar-refractivity contribution is -0.124. The second-order valence-corrected chi connectivity index (χ2v) is 8.40. The van der Waals surface area contributed by atoms with E-state index in [1.165, 1.54) is 13.1 Å². The summed E-state index contributed by atoms with van der Waals surface area (Å²) in [5.74, 6) is -0.0735. The molecule has 10 heteroatoms. The molecule has 1 atom stereocenters. The summed E-state index contributed by atoms with van der Waals surface area (Å²) in [7, 11) is -2.07. The van der Waals surface area contributed by atoms with Gasteiger partial charge in [0.2, 0.25) is 15.9 Å². The lowest BCUT2D eigenvalue weighted by atomic mass is 9.92. The fourth-order valence-corrected chi connectivity index (χ4v) is 4.41. The summed E-state index contributed by atoms with van der Waals surface area (Å²) in [4.78, 5) is 12.8. The van der Waals surface area contributed by atoms with Crippen LogP contribution in [0.5, 0.6) is 0 Å². The van der Waals surface area contributed by atoms with Gasteiger partial charge in [-0.3, -0.25) is 4.79 Å². The molecule has 1 amide bonds. The highest BCUT2D eigenvalue weighted by atomic mass is 35.5. The predicted octanol–water partition coefficient (Wildman–Crippen LogP) is 0.448. The number of sulfonamides is 1. The Hall–Kier alpha value is -0.710. The molecule has 1 aromatic heterocycles. The first-order valence-corrected chi connectivity index (χ1v) is 9.37. The van der Waals surface area contributed by atoms with Gasteiger partial charge in [-0.25, -0.2) is 13.1 Å². The number of carbonyl (C=O) groups excluding carboxylic acids is 1. The van der Waals surface area contributed by atoms with Crippen molar-refractivity contribution in [3.05, 3.63) is 17.0 Å². The van der Waals surface area contributed by atoms with Crippen molar-refractivity contribution in [2.45, 2.75) is 29.6 Å². The monoisotopic (exact) mass is 383 g/mol. The molecule has 1 saturated heterocycles. The second kappa shape index (κ2) is 8.95. The van der Waals surface area contributed by atoms with Crippen LogP contribution in [0.1, 0.15) is 17.7 Å². The average Bonchev–Trinajstić information content (AvgIpc) is 3.02. The topological polar surface area (TPSA) is 111 Å². The quantitative estimate of drug-likeness (QED) is 0.660. The van der Waals surface area contributed by atoms with Gasteiger partial charge in [0, 0.05) is 18.1 Å². The van der Waals surface area contributed by atoms with Crippen molar-refractivity contribution in [2.24, 2.45) is 11.7 Å². The highest BCUT2D eigenvalue weighted by Gasteiger charge is 2.26. The fourth-order valence-electron chi connectivity index (χ4n) is 2.28. The molecule has 0 saturated carbocycles. The van der Waals surface area contributed by atoms with Crippen LogP contribution in [0.25, 0.3) is 0 Å². The Morgan fingerprint density at radius 1 is 1.43 bits per heavy atom. The first kappa shape index (κ1) is 20.3. The van der Waals surface area contributed by atoms with Crippen LogP contribution in [0.15, 0.2) is 16.3 Å². The molecular formula is C13H22ClN3O4S2. The van der Waals surface area contributed by atoms with Gasteiger partial charge in [-0.15, -0.1) is 23.7 Å². The van der Waals surface area contributed by atoms with Crippen LogP contribution >= 0.6 is 23.7 Å². The summed E-state index contributed by atoms with van der Waals surface area (Å²) in [5, 5.41) is 2.77. The summed E-state index contributed by atoms with van der Waals surface area (Å²) in [5.41, 5.74) is 5.98. The van der Waals surface area contributed by atoms with E-state index in [0.717, 1.165) is 29.1 Å². The molecule has 132 valence electrons. The number of halogens is 1. The molecule has 4 N–H and O–H groups in total. The van der Waals surface area contributed by atoms with E-state index in [-0.39, 0.29) is 35.0 Å². The number of nitrogens with two attached hydrogens (primary N) is 1. The van der Waals surface area contributed by atoms with E-state index in [2.05, 4.69) is 10.0 Å². The summed E-state index contributed by atoms with van der Waals surface area (Å²) >= 11 is 1.13. The maximum atomic E-state index is 12.1. The third-order valence-corrected chi connectivity index (χ3v) is 6.68. The minimum Gasteiger partial charge on any atom is -0.381 e. The number of carbonyl (C=O) groups is 1. The molecule has 0 aliphatic carbocycles. The van der Waals surface area contributed by atoms with Crippen LogP contribution in [0.2, 0.25) is 0 Å². The standard InChI is InChI=1S/C13H21N3O4S2.ClH/c1-15-22(18,19)11-3-2-10(21-11)8-16-13(17)12(14)9-4-6-20-7-5-9;/h2-3,9,12,15H,4-8,14H2,1H3,(H,16,17);1H. The number of nitrogens with one attached hydrogen (secondary N) is 2. The van der Waals surface area contributed by atoms with Crippen molar-refractivity contribution in [2.75, 3.05) is 20.3 Å². The molecule has 1 fully saturated rings. The van der Waals surface area contributed by atoms with Crippen LogP contribution in [0.4, 0.5) is 0 Å². The number of ether oxygens (including phenoxy) is 1. The Kier molecular flexibility index (Phi) is 7.91. The Morgan fingerprint density at radius 2 is 2.09 bits per heavy atom. The van der Waals surface area contributed by atoms with Crippen LogP contribution in [-0.4, -0.2) is 40.6 Å². The molecule has 7 nitrogen and oxygen atoms in total. The summed E-state index contributed by atoms with van der Waals surface area (Å²) in [6.45, 7) is 1.56. The van der Waals surface area contributed by atoms with Crippen LogP contribution in [0.3, 0.4) is 0 Å². The molecule has 2 rings (SSSR count). The molecule has 1 aliphatic heterocycles. The molecule has 1 unspecified atom stereocenters. The molecule has 1 aliphatic rings. The lowest BCUT2D eigenvalue weighted by Gasteiger charge is -2.26. The zero-order chi connectivity index (χ0) is 16.2. The third kappa shape index (κ3) is 5.40. The van der Waals surface area contributed by atoms with E-state index in [1.54, 1.807) is 6.07 Å². The van der Waals surface area contributed by atoms with Crippen molar-refractivity contribution in [1.29, 1.82) is 0 Å². The predicted molar refractivity (Wildman–Crippen MR) is 91.2 cm³/mol. The van der Waals surface area contributed by atoms with E-state index in [9.17, 15) is 13.2 Å². The number of rotatable bonds is 6. The Balaban J connectivity index is 0.00000264. The van der Waals surface area contributed by atoms with Gasteiger partial charge in [0.15, 0.2) is 0 Å². The number of hydrogen-bond donors (Lipinski definition) is 3. The zero-order valence-electron chi connectivity index (χ0n) is 12.8. The Morgan fingerprint density at radius 3 is 2.70 bits per heavy atom. The highest BCUT2D eigenvalue weighted by molar-refractivity contribution is 7.91. The number of thiophene rings is 1. The van der Waals surface area contributed by atoms with Crippen LogP contribution in [-0.2, 0) is 26.1 Å². The SMILES string of the molecule is CNS(=O)(=O)c1ccc(CNC(=O)C(N)C2CCOCC2)s1.Cl. The molecule has 0 aromatic carbocycles. The smallest absolute Gasteiger partial charge is 0.249 e. The van der Waals surface area contributed by atoms with E-state index < -0.39 is 16.1 Å². The first-order valence-electron chi connectivity index (χ1n) is 7.07. The first-order chi connectivity index (χ1) is 10.4. The minimum absolute atomic E-state index is 0. The molecule has 2 heterocycles. The van der Waals surface area contributed by atoms with Gasteiger partial charge in [-0.1, -0.05) is 0 Å². The van der Waals surface area contributed by atoms with Gasteiger partial charge in [0.05, 0.1) is 12.6 Å². The maximum Gasteiger partial charge on any atom is 0.249 e. The van der Waals surface area contributed by atoms with E-state index in [1.807, 2.05) is 0 Å². The van der Waals surface area contributed by atoms with Gasteiger partial charge >= 0.3 is 0 Å². The Bertz CT molecular complexity index is 614. The van der Waals surface area contributed by atoms with Crippen molar-refractivity contribution in [1.82, 2.24) is 10.0 Å². The summed E-state index contributed by atoms with van der Waals surface area (Å²) in [6.07, 6.45) is 1.58. The van der Waals surface area contributed by atoms with E-state index >= 15 is 0 Å². The van der Waals surface area contributed by atoms with Crippen molar-refractivity contribution >= 4 is 39.7 Å². The second-order valence-electron chi connectivity index (χ2n) is 5.12. The highest BCUT2D eigenvalue weighted by Crippen LogP contribution is 2.21. The average molecular weight is 384 g/mol. The van der Waals surface area contributed by atoms with Gasteiger partial charge in [-0.2, -0.15) is 0 Å². The fraction of sp³-hybridized carbons (Fsp3) is 0.615. The zero-order valence-corrected chi connectivity index (χ0v) is 15.2. The lowest BCUT2D eigenvalue weighted by Crippen LogP contribution is -2.46. The molecule has 23 heavy (non-hydrogen) atoms. The number of hydrogen-bond acceptors (Lipinski definition) is 6. The maximum absolute atomic E-state index is 12.1. The number of amides is 1. The third-order valence-electron chi connectivity index (χ3n) is 3.68. The minimum atomic E-state index is -3.43. The largest absolute Gasteiger partial charge is 0.381 e. The van der Waals surface area contributed by atoms with Crippen molar-refractivity contribution < 1.29 is 17.9 Å². The van der Waals surface area contributed by atoms with Gasteiger partial charge in [0.25, 0.3) is 0 Å².